The van der Waals surface area contributed by atoms with Crippen molar-refractivity contribution in [1.29, 1.82) is 0 Å². The maximum atomic E-state index is 13.0. The van der Waals surface area contributed by atoms with Crippen LogP contribution in [-0.4, -0.2) is 36.8 Å². The van der Waals surface area contributed by atoms with E-state index in [1.165, 1.54) is 0 Å². The summed E-state index contributed by atoms with van der Waals surface area (Å²) in [6, 6.07) is 22.7. The van der Waals surface area contributed by atoms with E-state index in [-0.39, 0.29) is 17.9 Å². The summed E-state index contributed by atoms with van der Waals surface area (Å²) in [6.07, 6.45) is 0. The van der Waals surface area contributed by atoms with Gasteiger partial charge in [-0.1, -0.05) is 30.3 Å². The molecule has 4 aromatic rings. The Bertz CT molecular complexity index is 1260. The second-order valence-corrected chi connectivity index (χ2v) is 7.65. The van der Waals surface area contributed by atoms with E-state index in [9.17, 15) is 9.59 Å². The number of para-hydroxylation sites is 2. The van der Waals surface area contributed by atoms with Crippen molar-refractivity contribution in [3.8, 4) is 0 Å². The number of hydrogen-bond acceptors (Lipinski definition) is 4. The lowest BCUT2D eigenvalue weighted by molar-refractivity contribution is -0.116. The van der Waals surface area contributed by atoms with Crippen LogP contribution in [0.5, 0.6) is 0 Å². The van der Waals surface area contributed by atoms with Gasteiger partial charge in [0, 0.05) is 35.2 Å². The monoisotopic (exact) mass is 413 g/mol. The first kappa shape index (κ1) is 19.3. The van der Waals surface area contributed by atoms with Gasteiger partial charge in [0.25, 0.3) is 0 Å². The fourth-order valence-corrected chi connectivity index (χ4v) is 4.19. The van der Waals surface area contributed by atoms with E-state index in [1.807, 2.05) is 77.4 Å². The number of anilines is 2. The summed E-state index contributed by atoms with van der Waals surface area (Å²) in [5, 5.41) is 4.25. The summed E-state index contributed by atoms with van der Waals surface area (Å²) >= 11 is 0. The summed E-state index contributed by atoms with van der Waals surface area (Å²) in [5.41, 5.74) is 3.32. The van der Waals surface area contributed by atoms with Crippen LogP contribution in [0.25, 0.3) is 21.8 Å². The van der Waals surface area contributed by atoms with Gasteiger partial charge in [-0.25, -0.2) is 0 Å². The Kier molecular flexibility index (Phi) is 5.14. The molecule has 2 heterocycles. The molecule has 1 aromatic heterocycles. The van der Waals surface area contributed by atoms with Crippen LogP contribution in [0.2, 0.25) is 0 Å². The molecule has 1 amide bonds. The number of pyridine rings is 1. The molecule has 1 fully saturated rings. The molecule has 0 aliphatic carbocycles. The number of amides is 1. The average molecular weight is 413 g/mol. The normalized spacial score (nSPS) is 14.1. The van der Waals surface area contributed by atoms with Crippen molar-refractivity contribution in [3.05, 3.63) is 83.0 Å². The van der Waals surface area contributed by atoms with E-state index < -0.39 is 0 Å². The second kappa shape index (κ2) is 8.24. The van der Waals surface area contributed by atoms with Gasteiger partial charge in [-0.05, 0) is 42.5 Å². The maximum Gasteiger partial charge on any atom is 0.244 e. The Morgan fingerprint density at radius 1 is 0.871 bits per heavy atom. The molecule has 31 heavy (non-hydrogen) atoms. The number of morpholine rings is 1. The van der Waals surface area contributed by atoms with Gasteiger partial charge >= 0.3 is 0 Å². The molecule has 156 valence electrons. The number of aromatic nitrogens is 1. The van der Waals surface area contributed by atoms with Gasteiger partial charge in [0.2, 0.25) is 5.91 Å². The first-order valence-corrected chi connectivity index (χ1v) is 10.4. The molecular weight excluding hydrogens is 390 g/mol. The molecule has 1 saturated heterocycles. The third kappa shape index (κ3) is 3.78. The molecule has 0 radical (unpaired) electrons. The Morgan fingerprint density at radius 2 is 1.52 bits per heavy atom. The molecule has 0 unspecified atom stereocenters. The van der Waals surface area contributed by atoms with Crippen LogP contribution in [0.15, 0.2) is 77.6 Å². The van der Waals surface area contributed by atoms with Crippen LogP contribution in [0.3, 0.4) is 0 Å². The Morgan fingerprint density at radius 3 is 2.19 bits per heavy atom. The number of benzene rings is 3. The fourth-order valence-electron chi connectivity index (χ4n) is 4.19. The number of rotatable bonds is 4. The molecule has 1 aliphatic heterocycles. The highest BCUT2D eigenvalue weighted by atomic mass is 16.5. The lowest BCUT2D eigenvalue weighted by Crippen LogP contribution is -2.36. The van der Waals surface area contributed by atoms with Crippen molar-refractivity contribution >= 4 is 39.1 Å². The van der Waals surface area contributed by atoms with Crippen LogP contribution >= 0.6 is 0 Å². The molecule has 0 saturated carbocycles. The third-order valence-corrected chi connectivity index (χ3v) is 5.69. The van der Waals surface area contributed by atoms with Crippen LogP contribution in [-0.2, 0) is 16.1 Å². The van der Waals surface area contributed by atoms with Crippen molar-refractivity contribution in [3.63, 3.8) is 0 Å². The van der Waals surface area contributed by atoms with Gasteiger partial charge in [0.15, 0.2) is 5.43 Å². The number of hydrogen-bond donors (Lipinski definition) is 1. The van der Waals surface area contributed by atoms with E-state index in [4.69, 9.17) is 4.74 Å². The fraction of sp³-hybridized carbons (Fsp3) is 0.200. The van der Waals surface area contributed by atoms with Crippen LogP contribution in [0.1, 0.15) is 0 Å². The van der Waals surface area contributed by atoms with Crippen molar-refractivity contribution in [2.45, 2.75) is 6.54 Å². The topological polar surface area (TPSA) is 63.6 Å². The predicted molar refractivity (Wildman–Crippen MR) is 124 cm³/mol. The van der Waals surface area contributed by atoms with E-state index in [1.54, 1.807) is 0 Å². The number of ether oxygens (including phenoxy) is 1. The van der Waals surface area contributed by atoms with Crippen LogP contribution in [0, 0.1) is 0 Å². The molecule has 0 spiro atoms. The van der Waals surface area contributed by atoms with E-state index in [0.717, 1.165) is 35.5 Å². The van der Waals surface area contributed by atoms with E-state index in [0.29, 0.717) is 24.0 Å². The van der Waals surface area contributed by atoms with Gasteiger partial charge in [0.05, 0.1) is 24.2 Å². The molecule has 0 bridgehead atoms. The number of nitrogens with zero attached hydrogens (tertiary/aromatic N) is 2. The summed E-state index contributed by atoms with van der Waals surface area (Å²) < 4.78 is 7.33. The molecule has 3 aromatic carbocycles. The highest BCUT2D eigenvalue weighted by Crippen LogP contribution is 2.22. The minimum absolute atomic E-state index is 0.0129. The highest BCUT2D eigenvalue weighted by molar-refractivity contribution is 5.97. The van der Waals surface area contributed by atoms with Gasteiger partial charge < -0.3 is 19.5 Å². The zero-order chi connectivity index (χ0) is 21.2. The lowest BCUT2D eigenvalue weighted by Gasteiger charge is -2.29. The van der Waals surface area contributed by atoms with Crippen molar-refractivity contribution in [2.24, 2.45) is 0 Å². The zero-order valence-corrected chi connectivity index (χ0v) is 17.1. The smallest absolute Gasteiger partial charge is 0.244 e. The van der Waals surface area contributed by atoms with Crippen molar-refractivity contribution < 1.29 is 9.53 Å². The quantitative estimate of drug-likeness (QED) is 0.519. The standard InChI is InChI=1S/C25H23N3O3/c29-24(26-18-6-5-7-19(16-18)27-12-14-31-15-13-27)17-28-22-10-3-1-8-20(22)25(30)21-9-2-4-11-23(21)28/h1-11,16H,12-15,17H2,(H,26,29). The summed E-state index contributed by atoms with van der Waals surface area (Å²) in [6.45, 7) is 3.22. The van der Waals surface area contributed by atoms with E-state index >= 15 is 0 Å². The minimum atomic E-state index is -0.141. The van der Waals surface area contributed by atoms with Gasteiger partial charge in [-0.3, -0.25) is 9.59 Å². The molecule has 6 nitrogen and oxygen atoms in total. The molecule has 0 atom stereocenters. The number of carbonyl (C=O) groups excluding carboxylic acids is 1. The van der Waals surface area contributed by atoms with Crippen LogP contribution < -0.4 is 15.6 Å². The van der Waals surface area contributed by atoms with Gasteiger partial charge in [-0.15, -0.1) is 0 Å². The van der Waals surface area contributed by atoms with Crippen LogP contribution in [0.4, 0.5) is 11.4 Å². The molecule has 5 rings (SSSR count). The zero-order valence-electron chi connectivity index (χ0n) is 17.1. The van der Waals surface area contributed by atoms with Gasteiger partial charge in [0.1, 0.15) is 6.54 Å². The highest BCUT2D eigenvalue weighted by Gasteiger charge is 2.14. The third-order valence-electron chi connectivity index (χ3n) is 5.69. The molecule has 6 heteroatoms. The van der Waals surface area contributed by atoms with Gasteiger partial charge in [-0.2, -0.15) is 0 Å². The average Bonchev–Trinajstić information content (AvgIpc) is 2.82. The first-order chi connectivity index (χ1) is 15.2. The first-order valence-electron chi connectivity index (χ1n) is 10.4. The molecule has 1 N–H and O–H groups in total. The largest absolute Gasteiger partial charge is 0.378 e. The second-order valence-electron chi connectivity index (χ2n) is 7.65. The molecular formula is C25H23N3O3. The Balaban J connectivity index is 1.46. The molecule has 1 aliphatic rings. The summed E-state index contributed by atoms with van der Waals surface area (Å²) in [7, 11) is 0. The SMILES string of the molecule is O=C(Cn1c2ccccc2c(=O)c2ccccc21)Nc1cccc(N2CCOCC2)c1. The van der Waals surface area contributed by atoms with E-state index in [2.05, 4.69) is 10.2 Å². The summed E-state index contributed by atoms with van der Waals surface area (Å²) in [5.74, 6) is -0.141. The maximum absolute atomic E-state index is 13.0. The Hall–Kier alpha value is -3.64. The predicted octanol–water partition coefficient (Wildman–Crippen LogP) is 3.63. The lowest BCUT2D eigenvalue weighted by atomic mass is 10.1. The number of carbonyl (C=O) groups is 1. The minimum Gasteiger partial charge on any atom is -0.378 e. The number of nitrogens with one attached hydrogen (secondary N) is 1. The Labute approximate surface area is 179 Å². The number of fused-ring (bicyclic) bond motifs is 2. The van der Waals surface area contributed by atoms with Crippen molar-refractivity contribution in [1.82, 2.24) is 4.57 Å². The van der Waals surface area contributed by atoms with Crippen molar-refractivity contribution in [2.75, 3.05) is 36.5 Å². The summed E-state index contributed by atoms with van der Waals surface area (Å²) in [4.78, 5) is 28.1.